The summed E-state index contributed by atoms with van der Waals surface area (Å²) in [5.74, 6) is 0.279. The van der Waals surface area contributed by atoms with Crippen molar-refractivity contribution in [2.75, 3.05) is 0 Å². The molecule has 0 aliphatic carbocycles. The van der Waals surface area contributed by atoms with Crippen molar-refractivity contribution in [3.63, 3.8) is 0 Å². The number of ether oxygens (including phenoxy) is 1. The van der Waals surface area contributed by atoms with E-state index in [4.69, 9.17) is 10.5 Å². The number of benzene rings is 1. The van der Waals surface area contributed by atoms with Gasteiger partial charge in [0.05, 0.1) is 6.04 Å². The Morgan fingerprint density at radius 2 is 2.15 bits per heavy atom. The molecule has 2 nitrogen and oxygen atoms in total. The van der Waals surface area contributed by atoms with Gasteiger partial charge in [-0.3, -0.25) is 0 Å². The predicted molar refractivity (Wildman–Crippen MR) is 48.0 cm³/mol. The molecule has 0 unspecified atom stereocenters. The third-order valence-corrected chi connectivity index (χ3v) is 2.43. The van der Waals surface area contributed by atoms with E-state index in [1.165, 1.54) is 12.1 Å². The first-order valence-electron chi connectivity index (χ1n) is 4.25. The van der Waals surface area contributed by atoms with Gasteiger partial charge in [0.1, 0.15) is 17.2 Å². The van der Waals surface area contributed by atoms with E-state index in [0.29, 0.717) is 5.75 Å². The van der Waals surface area contributed by atoms with Gasteiger partial charge in [-0.2, -0.15) is 0 Å². The zero-order valence-corrected chi connectivity index (χ0v) is 7.67. The summed E-state index contributed by atoms with van der Waals surface area (Å²) in [4.78, 5) is 0. The zero-order valence-electron chi connectivity index (χ0n) is 7.67. The monoisotopic (exact) mass is 181 g/mol. The van der Waals surface area contributed by atoms with Gasteiger partial charge in [0, 0.05) is 11.6 Å². The van der Waals surface area contributed by atoms with E-state index >= 15 is 0 Å². The van der Waals surface area contributed by atoms with Gasteiger partial charge in [0.2, 0.25) is 0 Å². The Hall–Kier alpha value is -1.09. The summed E-state index contributed by atoms with van der Waals surface area (Å²) in [6.07, 6.45) is 0. The molecule has 0 amide bonds. The lowest BCUT2D eigenvalue weighted by Crippen LogP contribution is -2.35. The predicted octanol–water partition coefficient (Wildman–Crippen LogP) is 2.00. The van der Waals surface area contributed by atoms with Gasteiger partial charge >= 0.3 is 0 Å². The van der Waals surface area contributed by atoms with Gasteiger partial charge < -0.3 is 10.5 Å². The maximum Gasteiger partial charge on any atom is 0.128 e. The van der Waals surface area contributed by atoms with E-state index in [1.54, 1.807) is 6.07 Å². The first-order valence-corrected chi connectivity index (χ1v) is 4.25. The molecule has 0 bridgehead atoms. The van der Waals surface area contributed by atoms with Crippen LogP contribution in [0, 0.1) is 5.82 Å². The Bertz CT molecular complexity index is 349. The van der Waals surface area contributed by atoms with E-state index in [2.05, 4.69) is 0 Å². The molecule has 0 saturated heterocycles. The standard InChI is InChI=1S/C10H12FNO/c1-10(2)9(12)7-4-3-6(11)5-8(7)13-10/h3-5,9H,12H2,1-2H3/t9-/m1/s1. The van der Waals surface area contributed by atoms with Gasteiger partial charge in [-0.1, -0.05) is 6.07 Å². The lowest BCUT2D eigenvalue weighted by atomic mass is 9.96. The molecule has 1 aliphatic rings. The molecular formula is C10H12FNO. The van der Waals surface area contributed by atoms with Crippen LogP contribution in [-0.4, -0.2) is 5.60 Å². The maximum absolute atomic E-state index is 12.8. The maximum atomic E-state index is 12.8. The minimum absolute atomic E-state index is 0.178. The fourth-order valence-corrected chi connectivity index (χ4v) is 1.57. The molecule has 13 heavy (non-hydrogen) atoms. The van der Waals surface area contributed by atoms with Crippen LogP contribution in [0.3, 0.4) is 0 Å². The molecular weight excluding hydrogens is 169 g/mol. The van der Waals surface area contributed by atoms with Crippen LogP contribution < -0.4 is 10.5 Å². The highest BCUT2D eigenvalue weighted by molar-refractivity contribution is 5.42. The van der Waals surface area contributed by atoms with Crippen molar-refractivity contribution in [2.24, 2.45) is 5.73 Å². The van der Waals surface area contributed by atoms with E-state index in [0.717, 1.165) is 5.56 Å². The lowest BCUT2D eigenvalue weighted by molar-refractivity contribution is 0.111. The molecule has 1 aromatic carbocycles. The Labute approximate surface area is 76.5 Å². The Morgan fingerprint density at radius 1 is 1.46 bits per heavy atom. The molecule has 1 heterocycles. The highest BCUT2D eigenvalue weighted by Crippen LogP contribution is 2.41. The highest BCUT2D eigenvalue weighted by atomic mass is 19.1. The fraction of sp³-hybridized carbons (Fsp3) is 0.400. The van der Waals surface area contributed by atoms with Gasteiger partial charge in [0.25, 0.3) is 0 Å². The zero-order chi connectivity index (χ0) is 9.64. The van der Waals surface area contributed by atoms with Crippen molar-refractivity contribution >= 4 is 0 Å². The van der Waals surface area contributed by atoms with E-state index in [1.807, 2.05) is 13.8 Å². The molecule has 0 spiro atoms. The molecule has 2 rings (SSSR count). The van der Waals surface area contributed by atoms with Crippen LogP contribution in [0.4, 0.5) is 4.39 Å². The van der Waals surface area contributed by atoms with Crippen LogP contribution in [0.5, 0.6) is 5.75 Å². The molecule has 1 aromatic rings. The normalized spacial score (nSPS) is 23.8. The minimum atomic E-state index is -0.434. The number of hydrogen-bond donors (Lipinski definition) is 1. The average Bonchev–Trinajstić information content (AvgIpc) is 2.22. The van der Waals surface area contributed by atoms with Gasteiger partial charge in [-0.25, -0.2) is 4.39 Å². The average molecular weight is 181 g/mol. The van der Waals surface area contributed by atoms with Gasteiger partial charge in [-0.05, 0) is 19.9 Å². The van der Waals surface area contributed by atoms with Crippen LogP contribution in [0.25, 0.3) is 0 Å². The molecule has 2 N–H and O–H groups in total. The summed E-state index contributed by atoms with van der Waals surface area (Å²) < 4.78 is 18.3. The number of rotatable bonds is 0. The molecule has 0 radical (unpaired) electrons. The number of halogens is 1. The van der Waals surface area contributed by atoms with Crippen LogP contribution in [0.1, 0.15) is 25.5 Å². The van der Waals surface area contributed by atoms with Crippen molar-refractivity contribution in [3.8, 4) is 5.75 Å². The molecule has 0 aromatic heterocycles. The first-order chi connectivity index (χ1) is 6.00. The molecule has 0 saturated carbocycles. The third-order valence-electron chi connectivity index (χ3n) is 2.43. The second kappa shape index (κ2) is 2.45. The summed E-state index contributed by atoms with van der Waals surface area (Å²) in [5, 5.41) is 0. The number of nitrogens with two attached hydrogens (primary N) is 1. The lowest BCUT2D eigenvalue weighted by Gasteiger charge is -2.22. The van der Waals surface area contributed by atoms with Crippen molar-refractivity contribution in [3.05, 3.63) is 29.6 Å². The van der Waals surface area contributed by atoms with E-state index in [-0.39, 0.29) is 11.9 Å². The van der Waals surface area contributed by atoms with Crippen molar-refractivity contribution in [1.82, 2.24) is 0 Å². The first kappa shape index (κ1) is 8.51. The summed E-state index contributed by atoms with van der Waals surface area (Å²) >= 11 is 0. The van der Waals surface area contributed by atoms with Crippen LogP contribution in [0.15, 0.2) is 18.2 Å². The molecule has 0 fully saturated rings. The van der Waals surface area contributed by atoms with Crippen molar-refractivity contribution in [1.29, 1.82) is 0 Å². The topological polar surface area (TPSA) is 35.2 Å². The Balaban J connectivity index is 2.50. The quantitative estimate of drug-likeness (QED) is 0.664. The van der Waals surface area contributed by atoms with Gasteiger partial charge in [0.15, 0.2) is 0 Å². The van der Waals surface area contributed by atoms with Gasteiger partial charge in [-0.15, -0.1) is 0 Å². The second-order valence-electron chi connectivity index (χ2n) is 3.87. The summed E-state index contributed by atoms with van der Waals surface area (Å²) in [6.45, 7) is 3.80. The fourth-order valence-electron chi connectivity index (χ4n) is 1.57. The van der Waals surface area contributed by atoms with Crippen LogP contribution >= 0.6 is 0 Å². The number of hydrogen-bond acceptors (Lipinski definition) is 2. The molecule has 1 aliphatic heterocycles. The summed E-state index contributed by atoms with van der Waals surface area (Å²) in [6, 6.07) is 4.29. The van der Waals surface area contributed by atoms with E-state index in [9.17, 15) is 4.39 Å². The Kier molecular flexibility index (Phi) is 1.60. The smallest absolute Gasteiger partial charge is 0.128 e. The Morgan fingerprint density at radius 3 is 2.85 bits per heavy atom. The minimum Gasteiger partial charge on any atom is -0.485 e. The second-order valence-corrected chi connectivity index (χ2v) is 3.87. The third kappa shape index (κ3) is 1.20. The highest BCUT2D eigenvalue weighted by Gasteiger charge is 2.38. The summed E-state index contributed by atoms with van der Waals surface area (Å²) in [5.41, 5.74) is 6.37. The largest absolute Gasteiger partial charge is 0.485 e. The molecule has 70 valence electrons. The van der Waals surface area contributed by atoms with Crippen LogP contribution in [-0.2, 0) is 0 Å². The number of fused-ring (bicyclic) bond motifs is 1. The van der Waals surface area contributed by atoms with Crippen molar-refractivity contribution < 1.29 is 9.13 Å². The summed E-state index contributed by atoms with van der Waals surface area (Å²) in [7, 11) is 0. The molecule has 1 atom stereocenters. The molecule has 3 heteroatoms. The SMILES string of the molecule is CC1(C)Oc2cc(F)ccc2[C@H]1N. The van der Waals surface area contributed by atoms with Crippen LogP contribution in [0.2, 0.25) is 0 Å². The van der Waals surface area contributed by atoms with Crippen molar-refractivity contribution in [2.45, 2.75) is 25.5 Å². The van der Waals surface area contributed by atoms with E-state index < -0.39 is 5.60 Å².